The Morgan fingerprint density at radius 2 is 1.71 bits per heavy atom. The van der Waals surface area contributed by atoms with Crippen molar-refractivity contribution in [3.05, 3.63) is 0 Å². The Bertz CT molecular complexity index is 361. The molecule has 21 heavy (non-hydrogen) atoms. The Labute approximate surface area is 126 Å². The lowest BCUT2D eigenvalue weighted by molar-refractivity contribution is -0.125. The maximum absolute atomic E-state index is 12.1. The van der Waals surface area contributed by atoms with Crippen LogP contribution in [0.5, 0.6) is 0 Å². The summed E-state index contributed by atoms with van der Waals surface area (Å²) in [7, 11) is 0. The van der Waals surface area contributed by atoms with E-state index >= 15 is 0 Å². The number of imide groups is 1. The van der Waals surface area contributed by atoms with Crippen LogP contribution in [0.3, 0.4) is 0 Å². The standard InChI is InChI=1S/C15H27N3O3/c1-11(18-9-7-13(19)8-10-18)14(20)17-15(21)16-12-5-3-2-4-6-12/h11-13,19H,2-10H2,1H3,(H2,16,17,20,21). The zero-order valence-electron chi connectivity index (χ0n) is 12.8. The van der Waals surface area contributed by atoms with Crippen molar-refractivity contribution in [2.75, 3.05) is 13.1 Å². The molecule has 1 aliphatic carbocycles. The van der Waals surface area contributed by atoms with E-state index in [0.717, 1.165) is 25.7 Å². The fourth-order valence-electron chi connectivity index (χ4n) is 3.12. The van der Waals surface area contributed by atoms with Gasteiger partial charge in [-0.25, -0.2) is 4.79 Å². The Morgan fingerprint density at radius 1 is 1.10 bits per heavy atom. The average Bonchev–Trinajstić information content (AvgIpc) is 2.48. The quantitative estimate of drug-likeness (QED) is 0.725. The summed E-state index contributed by atoms with van der Waals surface area (Å²) in [5, 5.41) is 14.8. The Balaban J connectivity index is 1.73. The number of amides is 3. The summed E-state index contributed by atoms with van der Waals surface area (Å²) < 4.78 is 0. The molecule has 3 amide bonds. The molecule has 6 nitrogen and oxygen atoms in total. The topological polar surface area (TPSA) is 81.7 Å². The third kappa shape index (κ3) is 4.97. The van der Waals surface area contributed by atoms with Crippen LogP contribution in [0.2, 0.25) is 0 Å². The Kier molecular flexibility index (Phi) is 5.99. The number of hydrogen-bond acceptors (Lipinski definition) is 4. The van der Waals surface area contributed by atoms with Gasteiger partial charge in [0, 0.05) is 19.1 Å². The van der Waals surface area contributed by atoms with Crippen molar-refractivity contribution in [2.45, 2.75) is 70.1 Å². The first kappa shape index (κ1) is 16.2. The molecule has 1 atom stereocenters. The highest BCUT2D eigenvalue weighted by atomic mass is 16.3. The van der Waals surface area contributed by atoms with Crippen LogP contribution < -0.4 is 10.6 Å². The van der Waals surface area contributed by atoms with E-state index in [9.17, 15) is 14.7 Å². The van der Waals surface area contributed by atoms with E-state index in [2.05, 4.69) is 10.6 Å². The maximum Gasteiger partial charge on any atom is 0.321 e. The summed E-state index contributed by atoms with van der Waals surface area (Å²) in [6, 6.07) is -0.516. The van der Waals surface area contributed by atoms with E-state index in [1.54, 1.807) is 6.92 Å². The molecule has 0 aromatic carbocycles. The lowest BCUT2D eigenvalue weighted by Crippen LogP contribution is -2.53. The monoisotopic (exact) mass is 297 g/mol. The summed E-state index contributed by atoms with van der Waals surface area (Å²) in [4.78, 5) is 26.0. The molecule has 2 fully saturated rings. The molecule has 3 N–H and O–H groups in total. The highest BCUT2D eigenvalue weighted by molar-refractivity contribution is 5.96. The molecular weight excluding hydrogens is 270 g/mol. The maximum atomic E-state index is 12.1. The minimum Gasteiger partial charge on any atom is -0.393 e. The van der Waals surface area contributed by atoms with Gasteiger partial charge in [0.25, 0.3) is 0 Å². The van der Waals surface area contributed by atoms with Crippen LogP contribution in [-0.4, -0.2) is 53.2 Å². The number of piperidine rings is 1. The van der Waals surface area contributed by atoms with Crippen molar-refractivity contribution in [3.8, 4) is 0 Å². The van der Waals surface area contributed by atoms with Crippen molar-refractivity contribution in [2.24, 2.45) is 0 Å². The van der Waals surface area contributed by atoms with Crippen LogP contribution in [-0.2, 0) is 4.79 Å². The smallest absolute Gasteiger partial charge is 0.321 e. The van der Waals surface area contributed by atoms with Crippen LogP contribution in [0.4, 0.5) is 4.79 Å². The summed E-state index contributed by atoms with van der Waals surface area (Å²) in [6.45, 7) is 3.20. The molecule has 0 aromatic rings. The van der Waals surface area contributed by atoms with Crippen molar-refractivity contribution in [1.29, 1.82) is 0 Å². The first-order valence-corrected chi connectivity index (χ1v) is 8.09. The van der Waals surface area contributed by atoms with Gasteiger partial charge in [0.2, 0.25) is 5.91 Å². The molecule has 1 unspecified atom stereocenters. The highest BCUT2D eigenvalue weighted by Crippen LogP contribution is 2.17. The van der Waals surface area contributed by atoms with E-state index in [0.29, 0.717) is 25.9 Å². The Morgan fingerprint density at radius 3 is 2.33 bits per heavy atom. The molecule has 2 rings (SSSR count). The Hall–Kier alpha value is -1.14. The van der Waals surface area contributed by atoms with Crippen molar-refractivity contribution in [1.82, 2.24) is 15.5 Å². The second kappa shape index (κ2) is 7.75. The van der Waals surface area contributed by atoms with E-state index < -0.39 is 0 Å². The molecule has 0 spiro atoms. The van der Waals surface area contributed by atoms with Gasteiger partial charge in [-0.1, -0.05) is 19.3 Å². The third-order valence-electron chi connectivity index (χ3n) is 4.60. The molecule has 0 radical (unpaired) electrons. The molecule has 6 heteroatoms. The third-order valence-corrected chi connectivity index (χ3v) is 4.60. The van der Waals surface area contributed by atoms with Gasteiger partial charge in [0.05, 0.1) is 12.1 Å². The molecule has 1 aliphatic heterocycles. The zero-order chi connectivity index (χ0) is 15.2. The molecular formula is C15H27N3O3. The lowest BCUT2D eigenvalue weighted by atomic mass is 9.96. The number of hydrogen-bond donors (Lipinski definition) is 3. The van der Waals surface area contributed by atoms with Gasteiger partial charge in [-0.2, -0.15) is 0 Å². The number of likely N-dealkylation sites (tertiary alicyclic amines) is 1. The fourth-order valence-corrected chi connectivity index (χ4v) is 3.12. The molecule has 120 valence electrons. The molecule has 0 aromatic heterocycles. The zero-order valence-corrected chi connectivity index (χ0v) is 12.8. The van der Waals surface area contributed by atoms with E-state index in [4.69, 9.17) is 0 Å². The summed E-state index contributed by atoms with van der Waals surface area (Å²) in [6.07, 6.45) is 6.64. The van der Waals surface area contributed by atoms with E-state index in [1.807, 2.05) is 4.90 Å². The van der Waals surface area contributed by atoms with Crippen LogP contribution in [0.1, 0.15) is 51.9 Å². The average molecular weight is 297 g/mol. The molecule has 1 saturated carbocycles. The van der Waals surface area contributed by atoms with Crippen molar-refractivity contribution in [3.63, 3.8) is 0 Å². The number of rotatable bonds is 3. The van der Waals surface area contributed by atoms with E-state index in [-0.39, 0.29) is 30.1 Å². The first-order chi connectivity index (χ1) is 10.1. The van der Waals surface area contributed by atoms with E-state index in [1.165, 1.54) is 6.42 Å². The van der Waals surface area contributed by atoms with Crippen LogP contribution in [0, 0.1) is 0 Å². The van der Waals surface area contributed by atoms with Gasteiger partial charge < -0.3 is 10.4 Å². The molecule has 1 heterocycles. The van der Waals surface area contributed by atoms with Crippen molar-refractivity contribution >= 4 is 11.9 Å². The van der Waals surface area contributed by atoms with Gasteiger partial charge >= 0.3 is 6.03 Å². The summed E-state index contributed by atoms with van der Waals surface area (Å²) in [5.74, 6) is -0.264. The second-order valence-corrected chi connectivity index (χ2v) is 6.24. The summed E-state index contributed by atoms with van der Waals surface area (Å²) >= 11 is 0. The van der Waals surface area contributed by atoms with Gasteiger partial charge in [-0.3, -0.25) is 15.0 Å². The number of aliphatic hydroxyl groups is 1. The number of nitrogens with zero attached hydrogens (tertiary/aromatic N) is 1. The van der Waals surface area contributed by atoms with Gasteiger partial charge in [-0.05, 0) is 32.6 Å². The molecule has 1 saturated heterocycles. The minimum absolute atomic E-state index is 0.201. The normalized spacial score (nSPS) is 23.5. The first-order valence-electron chi connectivity index (χ1n) is 8.09. The molecule has 2 aliphatic rings. The number of aliphatic hydroxyl groups excluding tert-OH is 1. The molecule has 0 bridgehead atoms. The minimum atomic E-state index is -0.379. The SMILES string of the molecule is CC(C(=O)NC(=O)NC1CCCCC1)N1CCC(O)CC1. The van der Waals surface area contributed by atoms with Gasteiger partial charge in [-0.15, -0.1) is 0 Å². The van der Waals surface area contributed by atoms with Crippen molar-refractivity contribution < 1.29 is 14.7 Å². The van der Waals surface area contributed by atoms with Gasteiger partial charge in [0.15, 0.2) is 0 Å². The number of carbonyl (C=O) groups excluding carboxylic acids is 2. The number of urea groups is 1. The second-order valence-electron chi connectivity index (χ2n) is 6.24. The fraction of sp³-hybridized carbons (Fsp3) is 0.867. The van der Waals surface area contributed by atoms with Gasteiger partial charge in [0.1, 0.15) is 0 Å². The number of carbonyl (C=O) groups is 2. The largest absolute Gasteiger partial charge is 0.393 e. The van der Waals surface area contributed by atoms with Crippen LogP contribution in [0.15, 0.2) is 0 Å². The summed E-state index contributed by atoms with van der Waals surface area (Å²) in [5.41, 5.74) is 0. The predicted molar refractivity (Wildman–Crippen MR) is 79.8 cm³/mol. The predicted octanol–water partition coefficient (Wildman–Crippen LogP) is 0.990. The number of nitrogens with one attached hydrogen (secondary N) is 2. The van der Waals surface area contributed by atoms with Crippen LogP contribution >= 0.6 is 0 Å². The van der Waals surface area contributed by atoms with Crippen LogP contribution in [0.25, 0.3) is 0 Å². The highest BCUT2D eigenvalue weighted by Gasteiger charge is 2.27. The lowest BCUT2D eigenvalue weighted by Gasteiger charge is -2.33.